The van der Waals surface area contributed by atoms with E-state index < -0.39 is 0 Å². The van der Waals surface area contributed by atoms with Crippen molar-refractivity contribution in [1.82, 2.24) is 10.2 Å². The summed E-state index contributed by atoms with van der Waals surface area (Å²) in [5, 5.41) is 14.7. The lowest BCUT2D eigenvalue weighted by molar-refractivity contribution is 1.06. The molecule has 0 saturated carbocycles. The van der Waals surface area contributed by atoms with Gasteiger partial charge in [0.15, 0.2) is 5.82 Å². The van der Waals surface area contributed by atoms with Crippen LogP contribution < -0.4 is 11.1 Å². The number of nitrogens with zero attached hydrogens (tertiary/aromatic N) is 3. The third-order valence-corrected chi connectivity index (χ3v) is 5.71. The molecule has 5 aromatic rings. The molecule has 0 unspecified atom stereocenters. The van der Waals surface area contributed by atoms with Crippen LogP contribution in [-0.4, -0.2) is 16.0 Å². The van der Waals surface area contributed by atoms with Crippen molar-refractivity contribution in [3.8, 4) is 22.4 Å². The molecule has 4 aromatic carbocycles. The van der Waals surface area contributed by atoms with Gasteiger partial charge in [0.2, 0.25) is 0 Å². The van der Waals surface area contributed by atoms with Gasteiger partial charge in [0.25, 0.3) is 0 Å². The lowest BCUT2D eigenvalue weighted by atomic mass is 10.0. The molecular formula is C27H20IN5. The molecule has 0 radical (unpaired) electrons. The first-order valence-corrected chi connectivity index (χ1v) is 10.4. The molecule has 1 aliphatic rings. The third kappa shape index (κ3) is 3.72. The third-order valence-electron chi connectivity index (χ3n) is 5.71. The Morgan fingerprint density at radius 1 is 0.727 bits per heavy atom. The summed E-state index contributed by atoms with van der Waals surface area (Å²) in [5.41, 5.74) is 13.2. The highest BCUT2D eigenvalue weighted by Gasteiger charge is 2.24. The number of benzene rings is 4. The lowest BCUT2D eigenvalue weighted by Crippen LogP contribution is -2.12. The average Bonchev–Trinajstić information content (AvgIpc) is 3.17. The molecule has 0 fully saturated rings. The molecule has 0 aliphatic heterocycles. The summed E-state index contributed by atoms with van der Waals surface area (Å²) < 4.78 is 0. The number of aliphatic imine (C=N–C) groups is 1. The van der Waals surface area contributed by atoms with Gasteiger partial charge in [0, 0.05) is 27.6 Å². The minimum Gasteiger partial charge on any atom is -0.383 e. The van der Waals surface area contributed by atoms with E-state index in [4.69, 9.17) is 5.73 Å². The van der Waals surface area contributed by atoms with Gasteiger partial charge in [-0.25, -0.2) is 4.99 Å². The summed E-state index contributed by atoms with van der Waals surface area (Å²) in [7, 11) is 0. The van der Waals surface area contributed by atoms with Gasteiger partial charge in [-0.2, -0.15) is 0 Å². The Hall–Kier alpha value is -3.78. The van der Waals surface area contributed by atoms with Crippen LogP contribution in [0.5, 0.6) is 0 Å². The van der Waals surface area contributed by atoms with Crippen LogP contribution in [0.4, 0.5) is 17.2 Å². The van der Waals surface area contributed by atoms with Crippen LogP contribution in [0.25, 0.3) is 33.2 Å². The number of anilines is 2. The van der Waals surface area contributed by atoms with E-state index in [2.05, 4.69) is 56.9 Å². The summed E-state index contributed by atoms with van der Waals surface area (Å²) in [5.74, 6) is 1.20. The highest BCUT2D eigenvalue weighted by molar-refractivity contribution is 14.0. The normalized spacial score (nSPS) is 11.7. The van der Waals surface area contributed by atoms with E-state index in [9.17, 15) is 0 Å². The zero-order chi connectivity index (χ0) is 21.5. The molecule has 6 heteroatoms. The van der Waals surface area contributed by atoms with Crippen LogP contribution >= 0.6 is 24.0 Å². The number of rotatable bonds is 4. The van der Waals surface area contributed by atoms with Crippen molar-refractivity contribution >= 4 is 57.8 Å². The molecule has 0 amide bonds. The molecule has 0 bridgehead atoms. The Bertz CT molecular complexity index is 1480. The second kappa shape index (κ2) is 8.63. The summed E-state index contributed by atoms with van der Waals surface area (Å²) in [4.78, 5) is 4.58. The molecule has 33 heavy (non-hydrogen) atoms. The Morgan fingerprint density at radius 2 is 1.45 bits per heavy atom. The summed E-state index contributed by atoms with van der Waals surface area (Å²) in [6.45, 7) is 0. The van der Waals surface area contributed by atoms with Gasteiger partial charge >= 0.3 is 0 Å². The van der Waals surface area contributed by atoms with Gasteiger partial charge in [-0.1, -0.05) is 78.9 Å². The van der Waals surface area contributed by atoms with Crippen molar-refractivity contribution < 1.29 is 0 Å². The fraction of sp³-hybridized carbons (Fsp3) is 0. The topological polar surface area (TPSA) is 76.2 Å². The number of hydrogen-bond acceptors (Lipinski definition) is 4. The standard InChI is InChI=1S/C27H19N5.HI/c28-26(17-8-2-1-3-9-17)29-18-10-6-11-19(16-18)30-27-23-15-7-14-21-20-12-4-5-13-22(20)25(24(21)23)31-32-27;/h1-16H,(H2,28,29)(H,30,32);1H. The number of hydrogen-bond donors (Lipinski definition) is 2. The fourth-order valence-electron chi connectivity index (χ4n) is 4.24. The van der Waals surface area contributed by atoms with Crippen LogP contribution in [0.15, 0.2) is 102 Å². The molecule has 1 heterocycles. The SMILES string of the molecule is I.NC(=Nc1cccc(Nc2nnc3c4c(cccc24)-c2ccccc2-3)c1)c1ccccc1. The van der Waals surface area contributed by atoms with Gasteiger partial charge in [0.05, 0.1) is 5.69 Å². The monoisotopic (exact) mass is 541 g/mol. The van der Waals surface area contributed by atoms with Crippen LogP contribution in [0.2, 0.25) is 0 Å². The first kappa shape index (κ1) is 21.1. The van der Waals surface area contributed by atoms with Crippen molar-refractivity contribution in [2.24, 2.45) is 10.7 Å². The van der Waals surface area contributed by atoms with E-state index in [0.717, 1.165) is 44.8 Å². The van der Waals surface area contributed by atoms with Gasteiger partial charge in [-0.05, 0) is 29.3 Å². The Labute approximate surface area is 208 Å². The van der Waals surface area contributed by atoms with Gasteiger partial charge in [0.1, 0.15) is 11.5 Å². The molecule has 0 atom stereocenters. The molecule has 3 N–H and O–H groups in total. The van der Waals surface area contributed by atoms with E-state index in [1.165, 1.54) is 11.1 Å². The summed E-state index contributed by atoms with van der Waals surface area (Å²) >= 11 is 0. The van der Waals surface area contributed by atoms with E-state index in [1.807, 2.05) is 60.7 Å². The molecule has 5 nitrogen and oxygen atoms in total. The molecule has 6 rings (SSSR count). The average molecular weight is 541 g/mol. The summed E-state index contributed by atoms with van der Waals surface area (Å²) in [6, 6.07) is 32.2. The quantitative estimate of drug-likeness (QED) is 0.148. The largest absolute Gasteiger partial charge is 0.383 e. The maximum absolute atomic E-state index is 6.19. The van der Waals surface area contributed by atoms with Crippen molar-refractivity contribution in [2.75, 3.05) is 5.32 Å². The maximum atomic E-state index is 6.19. The van der Waals surface area contributed by atoms with E-state index >= 15 is 0 Å². The smallest absolute Gasteiger partial charge is 0.161 e. The maximum Gasteiger partial charge on any atom is 0.161 e. The Morgan fingerprint density at radius 3 is 2.30 bits per heavy atom. The van der Waals surface area contributed by atoms with Crippen LogP contribution in [0, 0.1) is 0 Å². The van der Waals surface area contributed by atoms with Crippen molar-refractivity contribution in [3.63, 3.8) is 0 Å². The lowest BCUT2D eigenvalue weighted by Gasteiger charge is -2.10. The molecule has 1 aliphatic carbocycles. The molecule has 0 spiro atoms. The predicted molar refractivity (Wildman–Crippen MR) is 146 cm³/mol. The molecule has 160 valence electrons. The Balaban J connectivity index is 0.00000228. The highest BCUT2D eigenvalue weighted by atomic mass is 127. The second-order valence-electron chi connectivity index (χ2n) is 7.71. The zero-order valence-corrected chi connectivity index (χ0v) is 19.9. The van der Waals surface area contributed by atoms with Crippen LogP contribution in [0.1, 0.15) is 5.56 Å². The first-order chi connectivity index (χ1) is 15.8. The second-order valence-corrected chi connectivity index (χ2v) is 7.71. The number of fused-ring (bicyclic) bond motifs is 3. The molecule has 1 aromatic heterocycles. The minimum absolute atomic E-state index is 0. The minimum atomic E-state index is 0. The predicted octanol–water partition coefficient (Wildman–Crippen LogP) is 6.68. The van der Waals surface area contributed by atoms with E-state index in [1.54, 1.807) is 0 Å². The van der Waals surface area contributed by atoms with Crippen LogP contribution in [0.3, 0.4) is 0 Å². The number of halogens is 1. The first-order valence-electron chi connectivity index (χ1n) is 10.4. The van der Waals surface area contributed by atoms with E-state index in [0.29, 0.717) is 5.84 Å². The van der Waals surface area contributed by atoms with Crippen LogP contribution in [-0.2, 0) is 0 Å². The summed E-state index contributed by atoms with van der Waals surface area (Å²) in [6.07, 6.45) is 0. The van der Waals surface area contributed by atoms with Gasteiger partial charge in [-0.3, -0.25) is 0 Å². The van der Waals surface area contributed by atoms with Gasteiger partial charge < -0.3 is 11.1 Å². The van der Waals surface area contributed by atoms with Crippen molar-refractivity contribution in [1.29, 1.82) is 0 Å². The fourth-order valence-corrected chi connectivity index (χ4v) is 4.24. The number of nitrogens with two attached hydrogens (primary N) is 1. The number of nitrogens with one attached hydrogen (secondary N) is 1. The van der Waals surface area contributed by atoms with Crippen molar-refractivity contribution in [2.45, 2.75) is 0 Å². The number of amidine groups is 1. The zero-order valence-electron chi connectivity index (χ0n) is 17.6. The molecule has 0 saturated heterocycles. The van der Waals surface area contributed by atoms with Crippen molar-refractivity contribution in [3.05, 3.63) is 103 Å². The van der Waals surface area contributed by atoms with Gasteiger partial charge in [-0.15, -0.1) is 34.2 Å². The van der Waals surface area contributed by atoms with E-state index in [-0.39, 0.29) is 24.0 Å². The molecular weight excluding hydrogens is 521 g/mol. The highest BCUT2D eigenvalue weighted by Crippen LogP contribution is 2.46. The number of aromatic nitrogens is 2. The Kier molecular flexibility index (Phi) is 5.51.